The maximum Gasteiger partial charge on any atom is 0.101 e. The average molecular weight is 194 g/mol. The summed E-state index contributed by atoms with van der Waals surface area (Å²) in [5.74, 6) is 0. The van der Waals surface area contributed by atoms with Crippen molar-refractivity contribution in [2.45, 2.75) is 0 Å². The van der Waals surface area contributed by atoms with Crippen LogP contribution in [0.1, 0.15) is 16.7 Å². The van der Waals surface area contributed by atoms with E-state index in [2.05, 4.69) is 11.1 Å². The van der Waals surface area contributed by atoms with E-state index in [1.165, 1.54) is 0 Å². The highest BCUT2D eigenvalue weighted by Crippen LogP contribution is 2.11. The fourth-order valence-corrected chi connectivity index (χ4v) is 1.36. The fraction of sp³-hybridized carbons (Fsp3) is 0. The number of nitrogens with zero attached hydrogens (tertiary/aromatic N) is 1. The van der Waals surface area contributed by atoms with Crippen molar-refractivity contribution in [1.82, 2.24) is 4.98 Å². The first kappa shape index (κ1) is 9.29. The van der Waals surface area contributed by atoms with E-state index in [4.69, 9.17) is 5.26 Å². The van der Waals surface area contributed by atoms with Crippen LogP contribution >= 0.6 is 0 Å². The van der Waals surface area contributed by atoms with Gasteiger partial charge in [-0.25, -0.2) is 0 Å². The molecule has 1 aromatic carbocycles. The Morgan fingerprint density at radius 3 is 2.60 bits per heavy atom. The van der Waals surface area contributed by atoms with Crippen LogP contribution in [-0.2, 0) is 0 Å². The molecule has 0 atom stereocenters. The van der Waals surface area contributed by atoms with Gasteiger partial charge in [0.25, 0.3) is 0 Å². The number of nitriles is 1. The molecule has 2 heteroatoms. The summed E-state index contributed by atoms with van der Waals surface area (Å²) in [6.45, 7) is 0. The third-order valence-electron chi connectivity index (χ3n) is 2.15. The van der Waals surface area contributed by atoms with E-state index < -0.39 is 0 Å². The largest absolute Gasteiger partial charge is 0.366 e. The van der Waals surface area contributed by atoms with Crippen LogP contribution in [0.15, 0.2) is 42.7 Å². The Balaban J connectivity index is 2.23. The van der Waals surface area contributed by atoms with Gasteiger partial charge in [0.1, 0.15) is 6.07 Å². The quantitative estimate of drug-likeness (QED) is 0.784. The van der Waals surface area contributed by atoms with Gasteiger partial charge in [-0.15, -0.1) is 0 Å². The lowest BCUT2D eigenvalue weighted by Gasteiger charge is -1.90. The molecule has 0 aliphatic rings. The molecule has 1 N–H and O–H groups in total. The van der Waals surface area contributed by atoms with Crippen LogP contribution in [0.3, 0.4) is 0 Å². The van der Waals surface area contributed by atoms with Crippen LogP contribution in [0.2, 0.25) is 0 Å². The van der Waals surface area contributed by atoms with E-state index in [1.54, 1.807) is 6.20 Å². The maximum absolute atomic E-state index is 8.80. The topological polar surface area (TPSA) is 39.6 Å². The number of rotatable bonds is 2. The molecule has 2 nitrogen and oxygen atoms in total. The van der Waals surface area contributed by atoms with Gasteiger partial charge in [-0.05, 0) is 5.56 Å². The molecule has 0 spiro atoms. The average Bonchev–Trinajstić information content (AvgIpc) is 2.75. The summed E-state index contributed by atoms with van der Waals surface area (Å²) in [7, 11) is 0. The number of hydrogen-bond acceptors (Lipinski definition) is 1. The highest BCUT2D eigenvalue weighted by Gasteiger charge is 1.97. The lowest BCUT2D eigenvalue weighted by atomic mass is 10.1. The molecule has 2 aromatic rings. The molecule has 0 bridgehead atoms. The lowest BCUT2D eigenvalue weighted by molar-refractivity contribution is 1.40. The minimum absolute atomic E-state index is 0.669. The Morgan fingerprint density at radius 1 is 1.07 bits per heavy atom. The predicted molar refractivity (Wildman–Crippen MR) is 60.9 cm³/mol. The first-order chi connectivity index (χ1) is 7.40. The van der Waals surface area contributed by atoms with Crippen molar-refractivity contribution in [1.29, 1.82) is 5.26 Å². The Bertz CT molecular complexity index is 501. The van der Waals surface area contributed by atoms with Crippen LogP contribution in [-0.4, -0.2) is 4.98 Å². The molecule has 72 valence electrons. The Kier molecular flexibility index (Phi) is 2.66. The Morgan fingerprint density at radius 2 is 1.87 bits per heavy atom. The monoisotopic (exact) mass is 194 g/mol. The van der Waals surface area contributed by atoms with E-state index in [9.17, 15) is 0 Å². The van der Waals surface area contributed by atoms with Crippen molar-refractivity contribution < 1.29 is 0 Å². The van der Waals surface area contributed by atoms with Crippen LogP contribution in [0.25, 0.3) is 12.2 Å². The molecule has 15 heavy (non-hydrogen) atoms. The number of nitrogens with one attached hydrogen (secondary N) is 1. The second-order valence-corrected chi connectivity index (χ2v) is 3.18. The van der Waals surface area contributed by atoms with Crippen molar-refractivity contribution in [3.8, 4) is 6.07 Å². The van der Waals surface area contributed by atoms with E-state index in [0.29, 0.717) is 5.56 Å². The molecule has 2 rings (SSSR count). The van der Waals surface area contributed by atoms with Crippen molar-refractivity contribution in [3.63, 3.8) is 0 Å². The van der Waals surface area contributed by atoms with Gasteiger partial charge in [0.2, 0.25) is 0 Å². The summed E-state index contributed by atoms with van der Waals surface area (Å²) < 4.78 is 0. The van der Waals surface area contributed by atoms with Crippen molar-refractivity contribution >= 4 is 12.2 Å². The third-order valence-corrected chi connectivity index (χ3v) is 2.15. The molecular formula is C13H10N2. The SMILES string of the molecule is N#Cc1c[nH]cc1/C=C/c1ccccc1. The molecular weight excluding hydrogens is 184 g/mol. The lowest BCUT2D eigenvalue weighted by Crippen LogP contribution is -1.72. The number of hydrogen-bond donors (Lipinski definition) is 1. The summed E-state index contributed by atoms with van der Waals surface area (Å²) in [5.41, 5.74) is 2.71. The van der Waals surface area contributed by atoms with Crippen molar-refractivity contribution in [2.24, 2.45) is 0 Å². The van der Waals surface area contributed by atoms with Gasteiger partial charge in [0, 0.05) is 18.0 Å². The second kappa shape index (κ2) is 4.30. The zero-order chi connectivity index (χ0) is 10.5. The van der Waals surface area contributed by atoms with Crippen LogP contribution in [0.5, 0.6) is 0 Å². The van der Waals surface area contributed by atoms with Gasteiger partial charge in [-0.1, -0.05) is 42.5 Å². The summed E-state index contributed by atoms with van der Waals surface area (Å²) in [6, 6.07) is 12.1. The van der Waals surface area contributed by atoms with E-state index in [0.717, 1.165) is 11.1 Å². The smallest absolute Gasteiger partial charge is 0.101 e. The molecule has 0 saturated heterocycles. The number of benzene rings is 1. The second-order valence-electron chi connectivity index (χ2n) is 3.18. The Hall–Kier alpha value is -2.27. The van der Waals surface area contributed by atoms with E-state index in [1.807, 2.05) is 48.7 Å². The van der Waals surface area contributed by atoms with Crippen LogP contribution in [0.4, 0.5) is 0 Å². The van der Waals surface area contributed by atoms with Gasteiger partial charge >= 0.3 is 0 Å². The first-order valence-electron chi connectivity index (χ1n) is 4.70. The predicted octanol–water partition coefficient (Wildman–Crippen LogP) is 3.06. The first-order valence-corrected chi connectivity index (χ1v) is 4.70. The normalized spacial score (nSPS) is 10.3. The third kappa shape index (κ3) is 2.15. The summed E-state index contributed by atoms with van der Waals surface area (Å²) in [6.07, 6.45) is 7.44. The molecule has 0 saturated carbocycles. The summed E-state index contributed by atoms with van der Waals surface area (Å²) in [5, 5.41) is 8.80. The summed E-state index contributed by atoms with van der Waals surface area (Å²) in [4.78, 5) is 2.91. The standard InChI is InChI=1S/C13H10N2/c14-8-13-10-15-9-12(13)7-6-11-4-2-1-3-5-11/h1-7,9-10,15H/b7-6+. The molecule has 0 fully saturated rings. The van der Waals surface area contributed by atoms with Crippen molar-refractivity contribution in [3.05, 3.63) is 59.4 Å². The van der Waals surface area contributed by atoms with Crippen LogP contribution in [0, 0.1) is 11.3 Å². The van der Waals surface area contributed by atoms with Crippen molar-refractivity contribution in [2.75, 3.05) is 0 Å². The van der Waals surface area contributed by atoms with Gasteiger partial charge in [0.15, 0.2) is 0 Å². The maximum atomic E-state index is 8.80. The zero-order valence-corrected chi connectivity index (χ0v) is 8.14. The zero-order valence-electron chi connectivity index (χ0n) is 8.14. The van der Waals surface area contributed by atoms with E-state index in [-0.39, 0.29) is 0 Å². The molecule has 0 aliphatic carbocycles. The van der Waals surface area contributed by atoms with Gasteiger partial charge in [0.05, 0.1) is 5.56 Å². The minimum Gasteiger partial charge on any atom is -0.366 e. The van der Waals surface area contributed by atoms with Gasteiger partial charge in [-0.3, -0.25) is 0 Å². The Labute approximate surface area is 88.5 Å². The summed E-state index contributed by atoms with van der Waals surface area (Å²) >= 11 is 0. The number of aromatic amines is 1. The highest BCUT2D eigenvalue weighted by atomic mass is 14.6. The van der Waals surface area contributed by atoms with Crippen LogP contribution < -0.4 is 0 Å². The minimum atomic E-state index is 0.669. The molecule has 0 amide bonds. The highest BCUT2D eigenvalue weighted by molar-refractivity contribution is 5.72. The van der Waals surface area contributed by atoms with Gasteiger partial charge in [-0.2, -0.15) is 5.26 Å². The molecule has 1 aromatic heterocycles. The number of aromatic nitrogens is 1. The van der Waals surface area contributed by atoms with Gasteiger partial charge < -0.3 is 4.98 Å². The fourth-order valence-electron chi connectivity index (χ4n) is 1.36. The molecule has 0 unspecified atom stereocenters. The van der Waals surface area contributed by atoms with E-state index >= 15 is 0 Å². The number of H-pyrrole nitrogens is 1. The molecule has 0 radical (unpaired) electrons. The molecule has 1 heterocycles. The molecule has 0 aliphatic heterocycles.